The zero-order chi connectivity index (χ0) is 33.1. The maximum Gasteiger partial charge on any atom is 0.410 e. The molecule has 2 fully saturated rings. The highest BCUT2D eigenvalue weighted by molar-refractivity contribution is 5.89. The van der Waals surface area contributed by atoms with Crippen molar-refractivity contribution in [2.75, 3.05) is 6.61 Å². The number of ketones is 2. The van der Waals surface area contributed by atoms with Crippen molar-refractivity contribution in [1.29, 1.82) is 0 Å². The number of nitrogens with zero attached hydrogens (tertiary/aromatic N) is 2. The minimum Gasteiger partial charge on any atom is -0.444 e. The topological polar surface area (TPSA) is 113 Å². The van der Waals surface area contributed by atoms with Crippen molar-refractivity contribution in [2.24, 2.45) is 5.92 Å². The van der Waals surface area contributed by atoms with Gasteiger partial charge in [0, 0.05) is 43.6 Å². The van der Waals surface area contributed by atoms with Gasteiger partial charge in [0.15, 0.2) is 5.78 Å². The number of Topliss-reactive ketones (excluding diaryl/α,β-unsaturated/α-hetero) is 1. The maximum absolute atomic E-state index is 13.3. The molecule has 2 amide bonds. The zero-order valence-corrected chi connectivity index (χ0v) is 28.7. The van der Waals surface area contributed by atoms with Gasteiger partial charge in [0.2, 0.25) is 0 Å². The van der Waals surface area contributed by atoms with Crippen molar-refractivity contribution in [1.82, 2.24) is 9.80 Å². The van der Waals surface area contributed by atoms with Crippen molar-refractivity contribution in [2.45, 2.75) is 174 Å². The first kappa shape index (κ1) is 37.8. The molecule has 0 bridgehead atoms. The fourth-order valence-corrected chi connectivity index (χ4v) is 6.73. The highest BCUT2D eigenvalue weighted by Gasteiger charge is 2.38. The Bertz CT molecular complexity index is 979. The molecule has 0 aromatic rings. The minimum absolute atomic E-state index is 0.000114. The second-order valence-electron chi connectivity index (χ2n) is 15.0. The smallest absolute Gasteiger partial charge is 0.410 e. The predicted octanol–water partition coefficient (Wildman–Crippen LogP) is 7.38. The van der Waals surface area contributed by atoms with E-state index in [2.05, 4.69) is 6.92 Å². The molecule has 2 saturated heterocycles. The van der Waals surface area contributed by atoms with Gasteiger partial charge >= 0.3 is 12.2 Å². The van der Waals surface area contributed by atoms with E-state index in [1.54, 1.807) is 13.0 Å². The Morgan fingerprint density at radius 3 is 1.84 bits per heavy atom. The summed E-state index contributed by atoms with van der Waals surface area (Å²) in [7, 11) is 0. The summed E-state index contributed by atoms with van der Waals surface area (Å²) in [6, 6.07) is -0.133. The highest BCUT2D eigenvalue weighted by Crippen LogP contribution is 2.32. The Labute approximate surface area is 266 Å². The van der Waals surface area contributed by atoms with Crippen LogP contribution in [0.3, 0.4) is 0 Å². The van der Waals surface area contributed by atoms with E-state index in [9.17, 15) is 24.3 Å². The van der Waals surface area contributed by atoms with E-state index in [4.69, 9.17) is 9.47 Å². The number of rotatable bonds is 13. The molecule has 9 nitrogen and oxygen atoms in total. The molecule has 1 N–H and O–H groups in total. The second kappa shape index (κ2) is 17.3. The van der Waals surface area contributed by atoms with E-state index in [1.807, 2.05) is 57.4 Å². The standard InChI is InChI=1S/C35H60N2O7/c1-25(23-26(2)39)24-30-18-10-14-28(37(30)33(42)44-35(6,7)8)17-12-20-31(40)19-11-16-27-13-9-15-29(21-22-38)36(27)32(41)43-34(3,4)5/h12,20,25,27-30,38H,9-11,13-19,21-24H2,1-8H3/b20-12+/t25-,27-,28-,29-,30-/m0/s1. The molecule has 0 aromatic carbocycles. The van der Waals surface area contributed by atoms with Crippen LogP contribution in [0, 0.1) is 5.92 Å². The first-order chi connectivity index (χ1) is 20.5. The molecular formula is C35H60N2O7. The monoisotopic (exact) mass is 620 g/mol. The number of hydrogen-bond donors (Lipinski definition) is 1. The summed E-state index contributed by atoms with van der Waals surface area (Å²) in [6.45, 7) is 14.8. The SMILES string of the molecule is CC(=O)C[C@H](C)C[C@@H]1CCC[C@@H](C/C=C/C(=O)CCC[C@@H]2CCC[C@@H](CCO)N2C(=O)OC(C)(C)C)N1C(=O)OC(C)(C)C. The van der Waals surface area contributed by atoms with Gasteiger partial charge in [-0.1, -0.05) is 13.0 Å². The number of carbonyl (C=O) groups excluding carboxylic acids is 4. The number of amides is 2. The van der Waals surface area contributed by atoms with Crippen LogP contribution in [0.2, 0.25) is 0 Å². The molecule has 5 atom stereocenters. The summed E-state index contributed by atoms with van der Waals surface area (Å²) < 4.78 is 11.5. The average Bonchev–Trinajstić information content (AvgIpc) is 2.86. The summed E-state index contributed by atoms with van der Waals surface area (Å²) in [5, 5.41) is 9.57. The molecule has 0 spiro atoms. The van der Waals surface area contributed by atoms with E-state index >= 15 is 0 Å². The number of hydrogen-bond acceptors (Lipinski definition) is 7. The molecule has 0 aromatic heterocycles. The molecule has 2 rings (SSSR count). The molecule has 0 aliphatic carbocycles. The van der Waals surface area contributed by atoms with E-state index in [1.165, 1.54) is 0 Å². The molecule has 9 heteroatoms. The number of likely N-dealkylation sites (tertiary alicyclic amines) is 2. The molecule has 0 radical (unpaired) electrons. The van der Waals surface area contributed by atoms with Gasteiger partial charge in [0.05, 0.1) is 0 Å². The largest absolute Gasteiger partial charge is 0.444 e. The summed E-state index contributed by atoms with van der Waals surface area (Å²) in [5.41, 5.74) is -1.22. The van der Waals surface area contributed by atoms with Crippen LogP contribution in [-0.4, -0.2) is 80.6 Å². The van der Waals surface area contributed by atoms with Crippen LogP contribution in [0.5, 0.6) is 0 Å². The Morgan fingerprint density at radius 1 is 0.818 bits per heavy atom. The first-order valence-electron chi connectivity index (χ1n) is 16.8. The number of ether oxygens (including phenoxy) is 2. The van der Waals surface area contributed by atoms with Gasteiger partial charge in [0.25, 0.3) is 0 Å². The lowest BCUT2D eigenvalue weighted by molar-refractivity contribution is -0.118. The number of allylic oxidation sites excluding steroid dienone is 1. The third-order valence-corrected chi connectivity index (χ3v) is 8.38. The molecular weight excluding hydrogens is 560 g/mol. The summed E-state index contributed by atoms with van der Waals surface area (Å²) in [4.78, 5) is 54.6. The second-order valence-corrected chi connectivity index (χ2v) is 15.0. The molecule has 252 valence electrons. The van der Waals surface area contributed by atoms with Crippen LogP contribution in [0.15, 0.2) is 12.2 Å². The fraction of sp³-hybridized carbons (Fsp3) is 0.829. The van der Waals surface area contributed by atoms with Gasteiger partial charge < -0.3 is 29.2 Å². The number of carbonyl (C=O) groups is 4. The van der Waals surface area contributed by atoms with Crippen LogP contribution < -0.4 is 0 Å². The Kier molecular flexibility index (Phi) is 14.9. The minimum atomic E-state index is -0.615. The third kappa shape index (κ3) is 13.3. The maximum atomic E-state index is 13.3. The van der Waals surface area contributed by atoms with E-state index < -0.39 is 11.2 Å². The lowest BCUT2D eigenvalue weighted by Crippen LogP contribution is -2.52. The van der Waals surface area contributed by atoms with Gasteiger partial charge in [-0.25, -0.2) is 9.59 Å². The molecule has 2 aliphatic rings. The van der Waals surface area contributed by atoms with E-state index in [-0.39, 0.29) is 60.4 Å². The Hall–Kier alpha value is -2.42. The van der Waals surface area contributed by atoms with Gasteiger partial charge in [-0.05, 0) is 131 Å². The summed E-state index contributed by atoms with van der Waals surface area (Å²) >= 11 is 0. The predicted molar refractivity (Wildman–Crippen MR) is 172 cm³/mol. The molecule has 0 saturated carbocycles. The molecule has 0 unspecified atom stereocenters. The van der Waals surface area contributed by atoms with Crippen LogP contribution in [0.25, 0.3) is 0 Å². The van der Waals surface area contributed by atoms with Gasteiger partial charge in [-0.15, -0.1) is 0 Å². The van der Waals surface area contributed by atoms with Crippen LogP contribution in [0.1, 0.15) is 139 Å². The van der Waals surface area contributed by atoms with Gasteiger partial charge in [0.1, 0.15) is 17.0 Å². The van der Waals surface area contributed by atoms with Crippen molar-refractivity contribution in [3.8, 4) is 0 Å². The van der Waals surface area contributed by atoms with Crippen molar-refractivity contribution in [3.05, 3.63) is 12.2 Å². The zero-order valence-electron chi connectivity index (χ0n) is 28.7. The van der Waals surface area contributed by atoms with Crippen molar-refractivity contribution < 1.29 is 33.8 Å². The average molecular weight is 621 g/mol. The first-order valence-corrected chi connectivity index (χ1v) is 16.8. The van der Waals surface area contributed by atoms with Crippen LogP contribution in [-0.2, 0) is 19.1 Å². The van der Waals surface area contributed by atoms with Crippen molar-refractivity contribution in [3.63, 3.8) is 0 Å². The van der Waals surface area contributed by atoms with Crippen LogP contribution >= 0.6 is 0 Å². The van der Waals surface area contributed by atoms with Crippen molar-refractivity contribution >= 4 is 23.8 Å². The van der Waals surface area contributed by atoms with Gasteiger partial charge in [-0.2, -0.15) is 0 Å². The quantitative estimate of drug-likeness (QED) is 0.214. The number of aliphatic hydroxyl groups is 1. The third-order valence-electron chi connectivity index (χ3n) is 8.38. The number of aliphatic hydroxyl groups excluding tert-OH is 1. The fourth-order valence-electron chi connectivity index (χ4n) is 6.73. The summed E-state index contributed by atoms with van der Waals surface area (Å²) in [6.07, 6.45) is 12.3. The van der Waals surface area contributed by atoms with E-state index in [0.717, 1.165) is 44.9 Å². The Morgan fingerprint density at radius 2 is 1.32 bits per heavy atom. The van der Waals surface area contributed by atoms with Gasteiger partial charge in [-0.3, -0.25) is 4.79 Å². The summed E-state index contributed by atoms with van der Waals surface area (Å²) in [5.74, 6) is 0.358. The number of piperidine rings is 2. The normalized spacial score (nSPS) is 23.8. The lowest BCUT2D eigenvalue weighted by atomic mass is 9.87. The highest BCUT2D eigenvalue weighted by atomic mass is 16.6. The van der Waals surface area contributed by atoms with E-state index in [0.29, 0.717) is 38.5 Å². The van der Waals surface area contributed by atoms with Crippen LogP contribution in [0.4, 0.5) is 9.59 Å². The molecule has 2 heterocycles. The Balaban J connectivity index is 2.00. The lowest BCUT2D eigenvalue weighted by Gasteiger charge is -2.43. The molecule has 2 aliphatic heterocycles. The molecule has 44 heavy (non-hydrogen) atoms.